The summed E-state index contributed by atoms with van der Waals surface area (Å²) in [5.74, 6) is 0. The van der Waals surface area contributed by atoms with E-state index in [-0.39, 0.29) is 0 Å². The zero-order valence-corrected chi connectivity index (χ0v) is 14.0. The number of nitrogens with zero attached hydrogens (tertiary/aromatic N) is 3. The van der Waals surface area contributed by atoms with Gasteiger partial charge in [0.1, 0.15) is 0 Å². The fourth-order valence-electron chi connectivity index (χ4n) is 4.63. The first kappa shape index (κ1) is 15.0. The summed E-state index contributed by atoms with van der Waals surface area (Å²) in [6.07, 6.45) is 9.77. The molecule has 3 fully saturated rings. The summed E-state index contributed by atoms with van der Waals surface area (Å²) in [6.45, 7) is 4.96. The molecule has 0 bridgehead atoms. The molecule has 0 radical (unpaired) electrons. The maximum atomic E-state index is 9.08. The van der Waals surface area contributed by atoms with Crippen LogP contribution in [0.4, 0.5) is 5.69 Å². The van der Waals surface area contributed by atoms with Crippen LogP contribution in [0.15, 0.2) is 24.3 Å². The summed E-state index contributed by atoms with van der Waals surface area (Å²) in [5.41, 5.74) is 2.60. The maximum Gasteiger partial charge on any atom is 0.0992 e. The van der Waals surface area contributed by atoms with Crippen molar-refractivity contribution in [3.63, 3.8) is 0 Å². The van der Waals surface area contributed by atoms with Crippen molar-refractivity contribution in [2.24, 2.45) is 5.41 Å². The molecule has 3 aliphatic rings. The Morgan fingerprint density at radius 3 is 2.30 bits per heavy atom. The lowest BCUT2D eigenvalue weighted by Gasteiger charge is -2.50. The normalized spacial score (nSPS) is 25.1. The Kier molecular flexibility index (Phi) is 4.03. The van der Waals surface area contributed by atoms with Gasteiger partial charge in [-0.05, 0) is 75.2 Å². The lowest BCUT2D eigenvalue weighted by molar-refractivity contribution is 0.0306. The van der Waals surface area contributed by atoms with E-state index in [9.17, 15) is 0 Å². The molecule has 1 saturated carbocycles. The van der Waals surface area contributed by atoms with E-state index in [0.717, 1.165) is 24.7 Å². The van der Waals surface area contributed by atoms with Crippen molar-refractivity contribution in [1.29, 1.82) is 5.26 Å². The molecule has 122 valence electrons. The molecule has 0 unspecified atom stereocenters. The van der Waals surface area contributed by atoms with Gasteiger partial charge >= 0.3 is 0 Å². The van der Waals surface area contributed by atoms with E-state index in [1.165, 1.54) is 63.7 Å². The minimum Gasteiger partial charge on any atom is -0.371 e. The molecule has 2 heterocycles. The Morgan fingerprint density at radius 2 is 1.70 bits per heavy atom. The van der Waals surface area contributed by atoms with Gasteiger partial charge < -0.3 is 9.80 Å². The van der Waals surface area contributed by atoms with Gasteiger partial charge in [0.15, 0.2) is 0 Å². The van der Waals surface area contributed by atoms with Crippen molar-refractivity contribution in [3.8, 4) is 6.07 Å². The first-order chi connectivity index (χ1) is 11.3. The predicted molar refractivity (Wildman–Crippen MR) is 93.5 cm³/mol. The van der Waals surface area contributed by atoms with E-state index in [4.69, 9.17) is 5.26 Å². The largest absolute Gasteiger partial charge is 0.371 e. The number of rotatable bonds is 2. The van der Waals surface area contributed by atoms with E-state index < -0.39 is 0 Å². The second-order valence-corrected chi connectivity index (χ2v) is 7.77. The summed E-state index contributed by atoms with van der Waals surface area (Å²) in [5, 5.41) is 9.08. The van der Waals surface area contributed by atoms with Crippen molar-refractivity contribution in [1.82, 2.24) is 4.90 Å². The van der Waals surface area contributed by atoms with E-state index in [2.05, 4.69) is 21.9 Å². The molecule has 0 N–H and O–H groups in total. The Labute approximate surface area is 139 Å². The van der Waals surface area contributed by atoms with Crippen LogP contribution in [0.2, 0.25) is 0 Å². The van der Waals surface area contributed by atoms with E-state index in [0.29, 0.717) is 5.41 Å². The number of anilines is 1. The predicted octanol–water partition coefficient (Wildman–Crippen LogP) is 3.79. The highest BCUT2D eigenvalue weighted by molar-refractivity contribution is 5.51. The SMILES string of the molecule is N#Cc1cccc(N2CCC3(CC2)CCN(C2CCC2)CC3)c1. The van der Waals surface area contributed by atoms with E-state index in [1.54, 1.807) is 0 Å². The van der Waals surface area contributed by atoms with Crippen LogP contribution in [0.1, 0.15) is 50.5 Å². The summed E-state index contributed by atoms with van der Waals surface area (Å²) < 4.78 is 0. The first-order valence-corrected chi connectivity index (χ1v) is 9.27. The van der Waals surface area contributed by atoms with Gasteiger partial charge in [-0.1, -0.05) is 12.5 Å². The molecule has 1 aromatic carbocycles. The van der Waals surface area contributed by atoms with Gasteiger partial charge in [-0.2, -0.15) is 5.26 Å². The molecule has 0 aromatic heterocycles. The molecule has 2 saturated heterocycles. The maximum absolute atomic E-state index is 9.08. The zero-order valence-electron chi connectivity index (χ0n) is 14.0. The highest BCUT2D eigenvalue weighted by Crippen LogP contribution is 2.43. The number of hydrogen-bond donors (Lipinski definition) is 0. The number of piperidine rings is 2. The van der Waals surface area contributed by atoms with Gasteiger partial charge in [0.2, 0.25) is 0 Å². The Balaban J connectivity index is 1.35. The molecule has 3 heteroatoms. The van der Waals surface area contributed by atoms with Gasteiger partial charge in [-0.25, -0.2) is 0 Å². The van der Waals surface area contributed by atoms with Crippen molar-refractivity contribution in [3.05, 3.63) is 29.8 Å². The standard InChI is InChI=1S/C20H27N3/c21-16-17-3-1-6-19(15-17)23-13-9-20(10-14-23)7-11-22(12-8-20)18-4-2-5-18/h1,3,6,15,18H,2,4-5,7-14H2. The number of hydrogen-bond acceptors (Lipinski definition) is 3. The van der Waals surface area contributed by atoms with Crippen LogP contribution in [-0.4, -0.2) is 37.1 Å². The number of benzene rings is 1. The molecule has 3 nitrogen and oxygen atoms in total. The first-order valence-electron chi connectivity index (χ1n) is 9.27. The third-order valence-electron chi connectivity index (χ3n) is 6.61. The molecule has 0 amide bonds. The van der Waals surface area contributed by atoms with Crippen LogP contribution in [-0.2, 0) is 0 Å². The molecule has 1 spiro atoms. The van der Waals surface area contributed by atoms with Crippen LogP contribution >= 0.6 is 0 Å². The van der Waals surface area contributed by atoms with E-state index >= 15 is 0 Å². The monoisotopic (exact) mass is 309 g/mol. The van der Waals surface area contributed by atoms with Crippen molar-refractivity contribution < 1.29 is 0 Å². The van der Waals surface area contributed by atoms with Gasteiger partial charge in [0.05, 0.1) is 11.6 Å². The molecule has 1 aromatic rings. The third kappa shape index (κ3) is 2.97. The number of likely N-dealkylation sites (tertiary alicyclic amines) is 1. The fourth-order valence-corrected chi connectivity index (χ4v) is 4.63. The van der Waals surface area contributed by atoms with Crippen LogP contribution in [0.3, 0.4) is 0 Å². The van der Waals surface area contributed by atoms with Gasteiger partial charge in [0.25, 0.3) is 0 Å². The van der Waals surface area contributed by atoms with Crippen molar-refractivity contribution in [2.75, 3.05) is 31.1 Å². The highest BCUT2D eigenvalue weighted by atomic mass is 15.2. The second kappa shape index (κ2) is 6.17. The third-order valence-corrected chi connectivity index (χ3v) is 6.61. The minimum atomic E-state index is 0.601. The van der Waals surface area contributed by atoms with Gasteiger partial charge in [-0.3, -0.25) is 0 Å². The average molecular weight is 309 g/mol. The molecule has 4 rings (SSSR count). The Hall–Kier alpha value is -1.53. The summed E-state index contributed by atoms with van der Waals surface area (Å²) in [4.78, 5) is 5.24. The van der Waals surface area contributed by atoms with Crippen LogP contribution < -0.4 is 4.90 Å². The Bertz CT molecular complexity index is 581. The van der Waals surface area contributed by atoms with Crippen LogP contribution in [0.25, 0.3) is 0 Å². The average Bonchev–Trinajstić information content (AvgIpc) is 2.56. The van der Waals surface area contributed by atoms with Gasteiger partial charge in [0, 0.05) is 24.8 Å². The van der Waals surface area contributed by atoms with E-state index in [1.807, 2.05) is 18.2 Å². The highest BCUT2D eigenvalue weighted by Gasteiger charge is 2.39. The lowest BCUT2D eigenvalue weighted by Crippen LogP contribution is -2.50. The van der Waals surface area contributed by atoms with Gasteiger partial charge in [-0.15, -0.1) is 0 Å². The number of nitriles is 1. The lowest BCUT2D eigenvalue weighted by atomic mass is 9.70. The molecular weight excluding hydrogens is 282 g/mol. The summed E-state index contributed by atoms with van der Waals surface area (Å²) in [7, 11) is 0. The second-order valence-electron chi connectivity index (χ2n) is 7.77. The topological polar surface area (TPSA) is 30.3 Å². The smallest absolute Gasteiger partial charge is 0.0992 e. The zero-order chi connectivity index (χ0) is 15.7. The van der Waals surface area contributed by atoms with Crippen LogP contribution in [0, 0.1) is 16.7 Å². The van der Waals surface area contributed by atoms with Crippen molar-refractivity contribution in [2.45, 2.75) is 51.0 Å². The Morgan fingerprint density at radius 1 is 1.00 bits per heavy atom. The minimum absolute atomic E-state index is 0.601. The quantitative estimate of drug-likeness (QED) is 0.832. The van der Waals surface area contributed by atoms with Crippen molar-refractivity contribution >= 4 is 5.69 Å². The molecule has 0 atom stereocenters. The molecule has 1 aliphatic carbocycles. The molecular formula is C20H27N3. The van der Waals surface area contributed by atoms with Crippen LogP contribution in [0.5, 0.6) is 0 Å². The molecule has 2 aliphatic heterocycles. The molecule has 23 heavy (non-hydrogen) atoms. The summed E-state index contributed by atoms with van der Waals surface area (Å²) >= 11 is 0. The summed E-state index contributed by atoms with van der Waals surface area (Å²) in [6, 6.07) is 11.3. The fraction of sp³-hybridized carbons (Fsp3) is 0.650.